The van der Waals surface area contributed by atoms with Gasteiger partial charge in [0.2, 0.25) is 5.69 Å². The monoisotopic (exact) mass is 225 g/mol. The normalized spacial score (nSPS) is 19.2. The molecule has 0 amide bonds. The number of carboxylic acid groups (broad SMARTS) is 1. The van der Waals surface area contributed by atoms with E-state index in [0.717, 1.165) is 6.42 Å². The Kier molecular flexibility index (Phi) is 2.37. The van der Waals surface area contributed by atoms with Crippen LogP contribution in [0.25, 0.3) is 0 Å². The maximum atomic E-state index is 10.9. The number of aromatic carboxylic acids is 1. The fraction of sp³-hybridized carbons (Fsp3) is 0.556. The number of carboxylic acids is 1. The molecule has 1 N–H and O–H groups in total. The summed E-state index contributed by atoms with van der Waals surface area (Å²) in [6, 6.07) is 0. The average molecular weight is 225 g/mol. The SMILES string of the molecule is CC1CCn2nc(C(=O)O)c([N+](=O)[O-])c2C1. The number of nitrogens with zero attached hydrogens (tertiary/aromatic N) is 3. The van der Waals surface area contributed by atoms with Crippen LogP contribution in [0.2, 0.25) is 0 Å². The van der Waals surface area contributed by atoms with Crippen molar-refractivity contribution in [3.05, 3.63) is 21.5 Å². The van der Waals surface area contributed by atoms with Crippen LogP contribution in [-0.4, -0.2) is 25.8 Å². The minimum absolute atomic E-state index is 0.324. The molecule has 0 fully saturated rings. The number of fused-ring (bicyclic) bond motifs is 1. The maximum Gasteiger partial charge on any atom is 0.363 e. The first-order valence-electron chi connectivity index (χ1n) is 4.98. The Morgan fingerprint density at radius 2 is 2.38 bits per heavy atom. The molecule has 0 aliphatic carbocycles. The fourth-order valence-corrected chi connectivity index (χ4v) is 1.99. The molecule has 86 valence electrons. The van der Waals surface area contributed by atoms with Crippen LogP contribution < -0.4 is 0 Å². The Hall–Kier alpha value is -1.92. The number of hydrogen-bond donors (Lipinski definition) is 1. The van der Waals surface area contributed by atoms with Gasteiger partial charge in [-0.15, -0.1) is 0 Å². The van der Waals surface area contributed by atoms with Gasteiger partial charge in [0.05, 0.1) is 4.92 Å². The van der Waals surface area contributed by atoms with E-state index in [0.29, 0.717) is 24.6 Å². The molecule has 0 aromatic carbocycles. The van der Waals surface area contributed by atoms with Gasteiger partial charge in [-0.05, 0) is 18.8 Å². The van der Waals surface area contributed by atoms with Crippen LogP contribution in [0.4, 0.5) is 5.69 Å². The fourth-order valence-electron chi connectivity index (χ4n) is 1.99. The van der Waals surface area contributed by atoms with Gasteiger partial charge in [-0.25, -0.2) is 4.79 Å². The summed E-state index contributed by atoms with van der Waals surface area (Å²) in [5.41, 5.74) is -0.366. The Morgan fingerprint density at radius 3 is 2.94 bits per heavy atom. The summed E-state index contributed by atoms with van der Waals surface area (Å²) in [7, 11) is 0. The number of hydrogen-bond acceptors (Lipinski definition) is 4. The molecule has 1 unspecified atom stereocenters. The lowest BCUT2D eigenvalue weighted by Gasteiger charge is -2.18. The van der Waals surface area contributed by atoms with Crippen LogP contribution in [0.3, 0.4) is 0 Å². The number of nitro groups is 1. The van der Waals surface area contributed by atoms with E-state index in [-0.39, 0.29) is 5.69 Å². The molecule has 1 aliphatic rings. The molecule has 2 rings (SSSR count). The van der Waals surface area contributed by atoms with Gasteiger partial charge < -0.3 is 5.11 Å². The molecule has 0 bridgehead atoms. The molecule has 0 radical (unpaired) electrons. The second-order valence-electron chi connectivity index (χ2n) is 4.03. The molecule has 0 saturated heterocycles. The van der Waals surface area contributed by atoms with Gasteiger partial charge >= 0.3 is 11.7 Å². The maximum absolute atomic E-state index is 10.9. The summed E-state index contributed by atoms with van der Waals surface area (Å²) in [4.78, 5) is 21.0. The van der Waals surface area contributed by atoms with Crippen LogP contribution >= 0.6 is 0 Å². The first-order valence-corrected chi connectivity index (χ1v) is 4.98. The number of rotatable bonds is 2. The third-order valence-corrected chi connectivity index (χ3v) is 2.79. The van der Waals surface area contributed by atoms with E-state index in [1.165, 1.54) is 4.68 Å². The molecule has 7 heteroatoms. The highest BCUT2D eigenvalue weighted by Gasteiger charge is 2.34. The summed E-state index contributed by atoms with van der Waals surface area (Å²) in [5.74, 6) is -1.02. The lowest BCUT2D eigenvalue weighted by atomic mass is 9.97. The van der Waals surface area contributed by atoms with E-state index in [2.05, 4.69) is 5.10 Å². The molecule has 0 saturated carbocycles. The van der Waals surface area contributed by atoms with Crippen LogP contribution in [-0.2, 0) is 13.0 Å². The van der Waals surface area contributed by atoms with Crippen LogP contribution in [0.5, 0.6) is 0 Å². The van der Waals surface area contributed by atoms with Crippen LogP contribution in [0.1, 0.15) is 29.5 Å². The Balaban J connectivity index is 2.58. The van der Waals surface area contributed by atoms with Crippen molar-refractivity contribution in [2.45, 2.75) is 26.3 Å². The average Bonchev–Trinajstić information content (AvgIpc) is 2.55. The predicted molar refractivity (Wildman–Crippen MR) is 53.3 cm³/mol. The Morgan fingerprint density at radius 1 is 1.69 bits per heavy atom. The van der Waals surface area contributed by atoms with Crippen molar-refractivity contribution in [2.24, 2.45) is 5.92 Å². The van der Waals surface area contributed by atoms with Crippen molar-refractivity contribution in [2.75, 3.05) is 0 Å². The van der Waals surface area contributed by atoms with Gasteiger partial charge in [-0.2, -0.15) is 5.10 Å². The van der Waals surface area contributed by atoms with Crippen LogP contribution in [0, 0.1) is 16.0 Å². The summed E-state index contributed by atoms with van der Waals surface area (Å²) >= 11 is 0. The first-order chi connectivity index (χ1) is 7.50. The topological polar surface area (TPSA) is 98.3 Å². The van der Waals surface area contributed by atoms with Crippen molar-refractivity contribution in [1.29, 1.82) is 0 Å². The quantitative estimate of drug-likeness (QED) is 0.599. The molecular weight excluding hydrogens is 214 g/mol. The third kappa shape index (κ3) is 1.54. The van der Waals surface area contributed by atoms with E-state index in [4.69, 9.17) is 5.11 Å². The number of aryl methyl sites for hydroxylation is 1. The summed E-state index contributed by atoms with van der Waals surface area (Å²) in [6.45, 7) is 2.53. The molecule has 0 spiro atoms. The molecular formula is C9H11N3O4. The molecule has 1 atom stereocenters. The van der Waals surface area contributed by atoms with Gasteiger partial charge in [0, 0.05) is 6.54 Å². The molecule has 7 nitrogen and oxygen atoms in total. The highest BCUT2D eigenvalue weighted by atomic mass is 16.6. The van der Waals surface area contributed by atoms with Crippen molar-refractivity contribution in [1.82, 2.24) is 9.78 Å². The lowest BCUT2D eigenvalue weighted by Crippen LogP contribution is -2.18. The minimum atomic E-state index is -1.35. The van der Waals surface area contributed by atoms with E-state index in [9.17, 15) is 14.9 Å². The first kappa shape index (κ1) is 10.6. The molecule has 1 aromatic heterocycles. The summed E-state index contributed by atoms with van der Waals surface area (Å²) in [6.07, 6.45) is 1.38. The Labute approximate surface area is 90.8 Å². The highest BCUT2D eigenvalue weighted by Crippen LogP contribution is 2.30. The smallest absolute Gasteiger partial charge is 0.363 e. The van der Waals surface area contributed by atoms with Crippen molar-refractivity contribution >= 4 is 11.7 Å². The zero-order valence-electron chi connectivity index (χ0n) is 8.71. The van der Waals surface area contributed by atoms with Gasteiger partial charge in [0.15, 0.2) is 0 Å². The molecule has 1 aromatic rings. The Bertz CT molecular complexity index is 466. The largest absolute Gasteiger partial charge is 0.476 e. The third-order valence-electron chi connectivity index (χ3n) is 2.79. The van der Waals surface area contributed by atoms with Crippen molar-refractivity contribution < 1.29 is 14.8 Å². The second-order valence-corrected chi connectivity index (χ2v) is 4.03. The summed E-state index contributed by atoms with van der Waals surface area (Å²) < 4.78 is 1.45. The molecule has 2 heterocycles. The zero-order chi connectivity index (χ0) is 11.9. The van der Waals surface area contributed by atoms with Gasteiger partial charge in [0.1, 0.15) is 5.69 Å². The lowest BCUT2D eigenvalue weighted by molar-refractivity contribution is -0.386. The van der Waals surface area contributed by atoms with E-state index >= 15 is 0 Å². The minimum Gasteiger partial charge on any atom is -0.476 e. The van der Waals surface area contributed by atoms with Crippen LogP contribution in [0.15, 0.2) is 0 Å². The van der Waals surface area contributed by atoms with Crippen molar-refractivity contribution in [3.63, 3.8) is 0 Å². The number of carbonyl (C=O) groups is 1. The van der Waals surface area contributed by atoms with Gasteiger partial charge in [-0.1, -0.05) is 6.92 Å². The second kappa shape index (κ2) is 3.58. The predicted octanol–water partition coefficient (Wildman–Crippen LogP) is 1.07. The number of aromatic nitrogens is 2. The van der Waals surface area contributed by atoms with E-state index in [1.54, 1.807) is 0 Å². The van der Waals surface area contributed by atoms with E-state index < -0.39 is 16.6 Å². The zero-order valence-corrected chi connectivity index (χ0v) is 8.71. The van der Waals surface area contributed by atoms with E-state index in [1.807, 2.05) is 6.92 Å². The summed E-state index contributed by atoms with van der Waals surface area (Å²) in [5, 5.41) is 23.5. The van der Waals surface area contributed by atoms with Gasteiger partial charge in [-0.3, -0.25) is 14.8 Å². The standard InChI is InChI=1S/C9H11N3O4/c1-5-2-3-11-6(4-5)8(12(15)16)7(10-11)9(13)14/h5H,2-4H2,1H3,(H,13,14). The van der Waals surface area contributed by atoms with Crippen molar-refractivity contribution in [3.8, 4) is 0 Å². The molecule has 16 heavy (non-hydrogen) atoms. The molecule has 1 aliphatic heterocycles. The van der Waals surface area contributed by atoms with Gasteiger partial charge in [0.25, 0.3) is 0 Å². The highest BCUT2D eigenvalue weighted by molar-refractivity contribution is 5.90.